The number of benzene rings is 1. The first-order chi connectivity index (χ1) is 18.5. The third-order valence-electron chi connectivity index (χ3n) is 6.46. The molecule has 0 saturated carbocycles. The number of ether oxygens (including phenoxy) is 1. The fourth-order valence-electron chi connectivity index (χ4n) is 4.39. The Kier molecular flexibility index (Phi) is 7.43. The van der Waals surface area contributed by atoms with E-state index in [1.54, 1.807) is 18.5 Å². The molecule has 0 bridgehead atoms. The summed E-state index contributed by atoms with van der Waals surface area (Å²) >= 11 is 0. The first-order valence-corrected chi connectivity index (χ1v) is 12.3. The zero-order chi connectivity index (χ0) is 26.5. The van der Waals surface area contributed by atoms with E-state index in [2.05, 4.69) is 35.5 Å². The van der Waals surface area contributed by atoms with Crippen LogP contribution in [0, 0.1) is 5.41 Å². The molecule has 3 aromatic heterocycles. The number of alkyl halides is 2. The number of nitrogens with two attached hydrogens (primary N) is 1. The fourth-order valence-corrected chi connectivity index (χ4v) is 4.39. The van der Waals surface area contributed by atoms with Gasteiger partial charge in [0.15, 0.2) is 11.5 Å². The average molecular weight is 521 g/mol. The molecular weight excluding hydrogens is 492 g/mol. The molecule has 3 N–H and O–H groups in total. The van der Waals surface area contributed by atoms with E-state index in [-0.39, 0.29) is 17.1 Å². The minimum Gasteiger partial charge on any atom is -0.480 e. The highest BCUT2D eigenvalue weighted by molar-refractivity contribution is 6.07. The van der Waals surface area contributed by atoms with E-state index in [0.29, 0.717) is 22.5 Å². The summed E-state index contributed by atoms with van der Waals surface area (Å²) in [4.78, 5) is 11.2. The lowest BCUT2D eigenvalue weighted by atomic mass is 10.0. The van der Waals surface area contributed by atoms with Crippen LogP contribution >= 0.6 is 0 Å². The predicted molar refractivity (Wildman–Crippen MR) is 137 cm³/mol. The third kappa shape index (κ3) is 5.27. The van der Waals surface area contributed by atoms with Crippen molar-refractivity contribution in [2.24, 2.45) is 0 Å². The van der Waals surface area contributed by atoms with Gasteiger partial charge in [-0.25, -0.2) is 9.97 Å². The van der Waals surface area contributed by atoms with Gasteiger partial charge in [0.25, 0.3) is 0 Å². The van der Waals surface area contributed by atoms with Crippen molar-refractivity contribution in [1.29, 1.82) is 5.41 Å². The topological polar surface area (TPSA) is 122 Å². The second kappa shape index (κ2) is 11.1. The molecule has 1 aliphatic heterocycles. The second-order valence-corrected chi connectivity index (χ2v) is 8.96. The normalized spacial score (nSPS) is 14.8. The molecule has 1 aliphatic rings. The Balaban J connectivity index is 1.34. The molecule has 10 nitrogen and oxygen atoms in total. The maximum Gasteiger partial charge on any atom is 0.333 e. The van der Waals surface area contributed by atoms with Crippen LogP contribution < -0.4 is 10.1 Å². The third-order valence-corrected chi connectivity index (χ3v) is 6.46. The van der Waals surface area contributed by atoms with Gasteiger partial charge in [0.1, 0.15) is 6.20 Å². The molecule has 0 unspecified atom stereocenters. The highest BCUT2D eigenvalue weighted by Crippen LogP contribution is 2.36. The highest BCUT2D eigenvalue weighted by Gasteiger charge is 2.40. The molecule has 0 radical (unpaired) electrons. The van der Waals surface area contributed by atoms with Crippen molar-refractivity contribution in [2.45, 2.75) is 18.8 Å². The van der Waals surface area contributed by atoms with E-state index in [1.807, 2.05) is 6.20 Å². The molecule has 4 heterocycles. The Labute approximate surface area is 217 Å². The van der Waals surface area contributed by atoms with Crippen LogP contribution in [0.3, 0.4) is 0 Å². The van der Waals surface area contributed by atoms with E-state index in [9.17, 15) is 0 Å². The standard InChI is InChI=1S/C26H27F2N9O/c1-38-23-8-7-22-33-34-25(37(22)35-23)26(27,28)21-6-4-5-18(13-21)24-31-16-20(17-32-24)19(14-29)15-30-9-12-36-10-2-3-11-36/h4-8,13-17,29-30H,2-3,9-12H2,1H3/p+1. The van der Waals surface area contributed by atoms with Crippen molar-refractivity contribution in [1.82, 2.24) is 34.7 Å². The molecule has 38 heavy (non-hydrogen) atoms. The van der Waals surface area contributed by atoms with Crippen LogP contribution in [0.1, 0.15) is 29.8 Å². The quantitative estimate of drug-likeness (QED) is 0.243. The maximum absolute atomic E-state index is 15.6. The van der Waals surface area contributed by atoms with E-state index in [4.69, 9.17) is 10.1 Å². The molecule has 0 atom stereocenters. The van der Waals surface area contributed by atoms with Gasteiger partial charge in [0, 0.05) is 47.9 Å². The summed E-state index contributed by atoms with van der Waals surface area (Å²) in [6.45, 7) is 4.21. The smallest absolute Gasteiger partial charge is 0.333 e. The molecule has 12 heteroatoms. The maximum atomic E-state index is 15.6. The van der Waals surface area contributed by atoms with Gasteiger partial charge >= 0.3 is 5.92 Å². The van der Waals surface area contributed by atoms with Crippen molar-refractivity contribution in [2.75, 3.05) is 33.3 Å². The van der Waals surface area contributed by atoms with Crippen molar-refractivity contribution in [3.8, 4) is 17.3 Å². The van der Waals surface area contributed by atoms with Gasteiger partial charge in [-0.3, -0.25) is 4.90 Å². The van der Waals surface area contributed by atoms with E-state index < -0.39 is 11.7 Å². The van der Waals surface area contributed by atoms with Gasteiger partial charge in [-0.15, -0.1) is 15.3 Å². The summed E-state index contributed by atoms with van der Waals surface area (Å²) in [5.41, 5.74) is 1.66. The van der Waals surface area contributed by atoms with Crippen LogP contribution in [0.15, 0.2) is 55.0 Å². The fraction of sp³-hybridized carbons (Fsp3) is 0.308. The molecule has 0 amide bonds. The summed E-state index contributed by atoms with van der Waals surface area (Å²) in [5, 5.41) is 21.4. The number of aromatic nitrogens is 6. The molecule has 4 aromatic rings. The lowest BCUT2D eigenvalue weighted by Gasteiger charge is -2.15. The summed E-state index contributed by atoms with van der Waals surface area (Å²) in [6.07, 6.45) is 8.87. The Morgan fingerprint density at radius 3 is 2.66 bits per heavy atom. The zero-order valence-corrected chi connectivity index (χ0v) is 20.9. The van der Waals surface area contributed by atoms with Crippen LogP contribution in [0.4, 0.5) is 8.78 Å². The number of nitrogens with one attached hydrogen (secondary N) is 1. The molecule has 196 valence electrons. The van der Waals surface area contributed by atoms with Crippen LogP contribution in [-0.4, -0.2) is 74.2 Å². The number of fused-ring (bicyclic) bond motifs is 1. The molecule has 0 spiro atoms. The number of quaternary nitrogens is 1. The van der Waals surface area contributed by atoms with Crippen LogP contribution in [0.25, 0.3) is 22.6 Å². The Morgan fingerprint density at radius 2 is 1.92 bits per heavy atom. The number of methoxy groups -OCH3 is 1. The largest absolute Gasteiger partial charge is 0.480 e. The lowest BCUT2D eigenvalue weighted by molar-refractivity contribution is -0.586. The van der Waals surface area contributed by atoms with Gasteiger partial charge in [-0.1, -0.05) is 18.2 Å². The van der Waals surface area contributed by atoms with E-state index >= 15 is 8.78 Å². The van der Waals surface area contributed by atoms with Gasteiger partial charge in [-0.05, 0) is 38.1 Å². The molecule has 1 aromatic carbocycles. The summed E-state index contributed by atoms with van der Waals surface area (Å²) in [5.74, 6) is -3.66. The van der Waals surface area contributed by atoms with Crippen molar-refractivity contribution in [3.63, 3.8) is 0 Å². The molecular formula is C26H28F2N9O+. The van der Waals surface area contributed by atoms with Gasteiger partial charge in [0.05, 0.1) is 19.2 Å². The van der Waals surface area contributed by atoms with E-state index in [1.165, 1.54) is 56.5 Å². The zero-order valence-electron chi connectivity index (χ0n) is 20.9. The van der Waals surface area contributed by atoms with Crippen LogP contribution in [0.2, 0.25) is 0 Å². The summed E-state index contributed by atoms with van der Waals surface area (Å²) in [7, 11) is 1.40. The van der Waals surface area contributed by atoms with Gasteiger partial charge in [-0.2, -0.15) is 13.3 Å². The number of hydrogen-bond acceptors (Lipinski definition) is 8. The SMILES string of the molecule is COc1ccc2nnc(C(F)(F)c3cccc(-c4ncc(C(C=N)=C[NH2+]CCN5CCCC5)cn4)c3)n2n1. The van der Waals surface area contributed by atoms with E-state index in [0.717, 1.165) is 30.7 Å². The predicted octanol–water partition coefficient (Wildman–Crippen LogP) is 2.38. The highest BCUT2D eigenvalue weighted by atomic mass is 19.3. The Hall–Kier alpha value is -4.16. The molecule has 1 fully saturated rings. The van der Waals surface area contributed by atoms with Crippen LogP contribution in [-0.2, 0) is 5.92 Å². The van der Waals surface area contributed by atoms with Crippen molar-refractivity contribution in [3.05, 3.63) is 71.9 Å². The number of hydrogen-bond donors (Lipinski definition) is 2. The van der Waals surface area contributed by atoms with Gasteiger partial charge < -0.3 is 15.5 Å². The van der Waals surface area contributed by atoms with Crippen molar-refractivity contribution >= 4 is 17.4 Å². The second-order valence-electron chi connectivity index (χ2n) is 8.96. The number of rotatable bonds is 10. The van der Waals surface area contributed by atoms with Crippen LogP contribution in [0.5, 0.6) is 5.88 Å². The number of allylic oxidation sites excluding steroid dienone is 1. The van der Waals surface area contributed by atoms with Gasteiger partial charge in [0.2, 0.25) is 11.7 Å². The average Bonchev–Trinajstić information content (AvgIpc) is 3.63. The molecule has 5 rings (SSSR count). The first-order valence-electron chi connectivity index (χ1n) is 12.3. The monoisotopic (exact) mass is 520 g/mol. The number of likely N-dealkylation sites (tertiary alicyclic amines) is 1. The summed E-state index contributed by atoms with van der Waals surface area (Å²) < 4.78 is 37.2. The Bertz CT molecular complexity index is 1450. The molecule has 1 saturated heterocycles. The Morgan fingerprint density at radius 1 is 1.13 bits per heavy atom. The summed E-state index contributed by atoms with van der Waals surface area (Å²) in [6, 6.07) is 8.86. The minimum atomic E-state index is -3.49. The number of nitrogens with zero attached hydrogens (tertiary/aromatic N) is 7. The molecule has 0 aliphatic carbocycles. The lowest BCUT2D eigenvalue weighted by Crippen LogP contribution is -2.80. The minimum absolute atomic E-state index is 0.166. The first kappa shape index (κ1) is 25.5. The number of halogens is 2. The van der Waals surface area contributed by atoms with Crippen molar-refractivity contribution < 1.29 is 18.8 Å².